The largest absolute Gasteiger partial charge is 0.388 e. The molecule has 0 aliphatic heterocycles. The molecule has 1 aliphatic rings. The van der Waals surface area contributed by atoms with Crippen molar-refractivity contribution in [3.63, 3.8) is 0 Å². The second-order valence-corrected chi connectivity index (χ2v) is 7.06. The summed E-state index contributed by atoms with van der Waals surface area (Å²) in [6.07, 6.45) is 7.08. The third kappa shape index (κ3) is 4.07. The Bertz CT molecular complexity index is 820. The molecule has 1 fully saturated rings. The second-order valence-electron chi connectivity index (χ2n) is 7.06. The number of para-hydroxylation sites is 1. The predicted molar refractivity (Wildman–Crippen MR) is 96.4 cm³/mol. The van der Waals surface area contributed by atoms with Crippen molar-refractivity contribution in [2.24, 2.45) is 0 Å². The van der Waals surface area contributed by atoms with Gasteiger partial charge in [-0.3, -0.25) is 14.2 Å². The zero-order valence-corrected chi connectivity index (χ0v) is 14.6. The average molecular weight is 343 g/mol. The summed E-state index contributed by atoms with van der Waals surface area (Å²) in [5.41, 5.74) is 0.548. The van der Waals surface area contributed by atoms with Crippen LogP contribution in [0.2, 0.25) is 0 Å². The summed E-state index contributed by atoms with van der Waals surface area (Å²) < 4.78 is 1.31. The number of hydrogen-bond acceptors (Lipinski definition) is 4. The van der Waals surface area contributed by atoms with E-state index in [0.29, 0.717) is 23.7 Å². The number of rotatable bonds is 4. The Morgan fingerprint density at radius 1 is 1.28 bits per heavy atom. The molecule has 25 heavy (non-hydrogen) atoms. The summed E-state index contributed by atoms with van der Waals surface area (Å²) in [6.45, 7) is 2.05. The number of fused-ring (bicyclic) bond motifs is 1. The fourth-order valence-electron chi connectivity index (χ4n) is 3.49. The molecule has 0 saturated heterocycles. The molecule has 134 valence electrons. The molecule has 1 aromatic heterocycles. The molecule has 1 amide bonds. The maximum Gasteiger partial charge on any atom is 0.261 e. The van der Waals surface area contributed by atoms with Gasteiger partial charge in [0.15, 0.2) is 0 Å². The van der Waals surface area contributed by atoms with Crippen LogP contribution in [0.4, 0.5) is 0 Å². The molecule has 1 saturated carbocycles. The van der Waals surface area contributed by atoms with Gasteiger partial charge in [-0.25, -0.2) is 4.98 Å². The molecule has 1 aliphatic carbocycles. The standard InChI is InChI=1S/C19H25N3O3/c1-14-7-6-8-15-17(14)21-13-22(18(15)24)11-16(23)20-12-19(25)9-4-2-3-5-10-19/h6-8,13,25H,2-5,9-12H2,1H3,(H,20,23). The maximum atomic E-state index is 12.5. The summed E-state index contributed by atoms with van der Waals surface area (Å²) in [5, 5.41) is 13.9. The second kappa shape index (κ2) is 7.35. The van der Waals surface area contributed by atoms with E-state index in [1.807, 2.05) is 19.1 Å². The van der Waals surface area contributed by atoms with Gasteiger partial charge in [-0.15, -0.1) is 0 Å². The maximum absolute atomic E-state index is 12.5. The first-order valence-electron chi connectivity index (χ1n) is 8.92. The molecule has 0 radical (unpaired) electrons. The number of aliphatic hydroxyl groups is 1. The third-order valence-corrected chi connectivity index (χ3v) is 5.02. The minimum Gasteiger partial charge on any atom is -0.388 e. The van der Waals surface area contributed by atoms with Crippen molar-refractivity contribution >= 4 is 16.8 Å². The van der Waals surface area contributed by atoms with E-state index in [-0.39, 0.29) is 24.6 Å². The minimum atomic E-state index is -0.824. The molecule has 0 spiro atoms. The topological polar surface area (TPSA) is 84.2 Å². The number of nitrogens with zero attached hydrogens (tertiary/aromatic N) is 2. The zero-order valence-electron chi connectivity index (χ0n) is 14.6. The molecule has 6 nitrogen and oxygen atoms in total. The molecule has 0 bridgehead atoms. The number of nitrogens with one attached hydrogen (secondary N) is 1. The van der Waals surface area contributed by atoms with Gasteiger partial charge < -0.3 is 10.4 Å². The fraction of sp³-hybridized carbons (Fsp3) is 0.526. The van der Waals surface area contributed by atoms with Gasteiger partial charge in [-0.2, -0.15) is 0 Å². The minimum absolute atomic E-state index is 0.0915. The summed E-state index contributed by atoms with van der Waals surface area (Å²) >= 11 is 0. The molecular weight excluding hydrogens is 318 g/mol. The number of carbonyl (C=O) groups is 1. The number of carbonyl (C=O) groups excluding carboxylic acids is 1. The van der Waals surface area contributed by atoms with E-state index < -0.39 is 5.60 Å². The van der Waals surface area contributed by atoms with Crippen LogP contribution < -0.4 is 10.9 Å². The first kappa shape index (κ1) is 17.6. The van der Waals surface area contributed by atoms with Crippen LogP contribution in [-0.4, -0.2) is 32.7 Å². The molecule has 3 rings (SSSR count). The van der Waals surface area contributed by atoms with Crippen molar-refractivity contribution in [1.29, 1.82) is 0 Å². The van der Waals surface area contributed by atoms with Crippen LogP contribution in [0.25, 0.3) is 10.9 Å². The Morgan fingerprint density at radius 3 is 2.72 bits per heavy atom. The molecule has 0 atom stereocenters. The van der Waals surface area contributed by atoms with Crippen LogP contribution >= 0.6 is 0 Å². The van der Waals surface area contributed by atoms with Crippen LogP contribution in [0.5, 0.6) is 0 Å². The molecule has 2 aromatic rings. The molecule has 2 N–H and O–H groups in total. The first-order valence-corrected chi connectivity index (χ1v) is 8.92. The highest BCUT2D eigenvalue weighted by molar-refractivity contribution is 5.81. The lowest BCUT2D eigenvalue weighted by Crippen LogP contribution is -2.44. The van der Waals surface area contributed by atoms with E-state index in [2.05, 4.69) is 10.3 Å². The van der Waals surface area contributed by atoms with Crippen molar-refractivity contribution < 1.29 is 9.90 Å². The fourth-order valence-corrected chi connectivity index (χ4v) is 3.49. The van der Waals surface area contributed by atoms with Gasteiger partial charge in [-0.1, -0.05) is 37.8 Å². The Labute approximate surface area is 146 Å². The average Bonchev–Trinajstić information content (AvgIpc) is 2.81. The smallest absolute Gasteiger partial charge is 0.261 e. The van der Waals surface area contributed by atoms with Crippen LogP contribution in [0, 0.1) is 6.92 Å². The van der Waals surface area contributed by atoms with Crippen molar-refractivity contribution in [3.05, 3.63) is 40.4 Å². The number of aryl methyl sites for hydroxylation is 1. The number of benzene rings is 1. The van der Waals surface area contributed by atoms with Crippen LogP contribution in [0.1, 0.15) is 44.1 Å². The van der Waals surface area contributed by atoms with Gasteiger partial charge in [0.05, 0.1) is 22.8 Å². The molecule has 1 heterocycles. The SMILES string of the molecule is Cc1cccc2c(=O)n(CC(=O)NCC3(O)CCCCCC3)cnc12. The molecule has 6 heteroatoms. The van der Waals surface area contributed by atoms with Crippen molar-refractivity contribution in [1.82, 2.24) is 14.9 Å². The number of aromatic nitrogens is 2. The molecular formula is C19H25N3O3. The Hall–Kier alpha value is -2.21. The van der Waals surface area contributed by atoms with Crippen molar-refractivity contribution in [2.45, 2.75) is 57.6 Å². The highest BCUT2D eigenvalue weighted by Gasteiger charge is 2.28. The molecule has 1 aromatic carbocycles. The van der Waals surface area contributed by atoms with Gasteiger partial charge in [0.1, 0.15) is 6.54 Å². The van der Waals surface area contributed by atoms with Gasteiger partial charge >= 0.3 is 0 Å². The third-order valence-electron chi connectivity index (χ3n) is 5.02. The van der Waals surface area contributed by atoms with Gasteiger partial charge in [0.25, 0.3) is 5.56 Å². The predicted octanol–water partition coefficient (Wildman–Crippen LogP) is 1.91. The van der Waals surface area contributed by atoms with Crippen molar-refractivity contribution in [2.75, 3.05) is 6.54 Å². The van der Waals surface area contributed by atoms with E-state index in [4.69, 9.17) is 0 Å². The normalized spacial score (nSPS) is 17.2. The Balaban J connectivity index is 1.68. The van der Waals surface area contributed by atoms with Crippen LogP contribution in [0.3, 0.4) is 0 Å². The summed E-state index contributed by atoms with van der Waals surface area (Å²) in [6, 6.07) is 5.44. The van der Waals surface area contributed by atoms with Crippen molar-refractivity contribution in [3.8, 4) is 0 Å². The quantitative estimate of drug-likeness (QED) is 0.831. The Kier molecular flexibility index (Phi) is 5.18. The van der Waals surface area contributed by atoms with E-state index in [1.165, 1.54) is 10.9 Å². The first-order chi connectivity index (χ1) is 12.0. The lowest BCUT2D eigenvalue weighted by molar-refractivity contribution is -0.123. The van der Waals surface area contributed by atoms with Gasteiger partial charge in [-0.05, 0) is 31.4 Å². The summed E-state index contributed by atoms with van der Waals surface area (Å²) in [7, 11) is 0. The summed E-state index contributed by atoms with van der Waals surface area (Å²) in [4.78, 5) is 29.1. The van der Waals surface area contributed by atoms with E-state index in [1.54, 1.807) is 6.07 Å². The van der Waals surface area contributed by atoms with Crippen LogP contribution in [-0.2, 0) is 11.3 Å². The van der Waals surface area contributed by atoms with Gasteiger partial charge in [0, 0.05) is 6.54 Å². The number of amides is 1. The highest BCUT2D eigenvalue weighted by atomic mass is 16.3. The lowest BCUT2D eigenvalue weighted by Gasteiger charge is -2.26. The summed E-state index contributed by atoms with van der Waals surface area (Å²) in [5.74, 6) is -0.284. The van der Waals surface area contributed by atoms with Gasteiger partial charge in [0.2, 0.25) is 5.91 Å². The van der Waals surface area contributed by atoms with Crippen LogP contribution in [0.15, 0.2) is 29.3 Å². The van der Waals surface area contributed by atoms with E-state index >= 15 is 0 Å². The highest BCUT2D eigenvalue weighted by Crippen LogP contribution is 2.26. The van der Waals surface area contributed by atoms with E-state index in [9.17, 15) is 14.7 Å². The molecule has 0 unspecified atom stereocenters. The number of hydrogen-bond donors (Lipinski definition) is 2. The lowest BCUT2D eigenvalue weighted by atomic mass is 9.94. The Morgan fingerprint density at radius 2 is 2.00 bits per heavy atom. The monoisotopic (exact) mass is 343 g/mol. The zero-order chi connectivity index (χ0) is 17.9. The van der Waals surface area contributed by atoms with E-state index in [0.717, 1.165) is 31.2 Å².